The second-order valence-corrected chi connectivity index (χ2v) is 3.72. The van der Waals surface area contributed by atoms with Crippen molar-refractivity contribution in [2.75, 3.05) is 13.7 Å². The first-order valence-electron chi connectivity index (χ1n) is 4.94. The fourth-order valence-corrected chi connectivity index (χ4v) is 1.09. The molecule has 0 saturated carbocycles. The molecular weight excluding hydrogens is 176 g/mol. The second kappa shape index (κ2) is 5.60. The Hall–Kier alpha value is -1.09. The molecule has 0 radical (unpaired) electrons. The van der Waals surface area contributed by atoms with E-state index < -0.39 is 0 Å². The molecule has 1 aromatic rings. The third-order valence-electron chi connectivity index (χ3n) is 1.73. The van der Waals surface area contributed by atoms with E-state index in [0.717, 1.165) is 24.6 Å². The first-order valence-corrected chi connectivity index (χ1v) is 4.94. The van der Waals surface area contributed by atoms with E-state index in [1.54, 1.807) is 6.20 Å². The van der Waals surface area contributed by atoms with Gasteiger partial charge in [0.1, 0.15) is 5.75 Å². The first-order chi connectivity index (χ1) is 6.72. The molecule has 0 unspecified atom stereocenters. The number of rotatable bonds is 5. The molecule has 1 aromatic heterocycles. The van der Waals surface area contributed by atoms with E-state index in [2.05, 4.69) is 24.1 Å². The van der Waals surface area contributed by atoms with Crippen LogP contribution in [0.2, 0.25) is 0 Å². The summed E-state index contributed by atoms with van der Waals surface area (Å²) < 4.78 is 5.59. The molecule has 78 valence electrons. The lowest BCUT2D eigenvalue weighted by Crippen LogP contribution is -2.08. The quantitative estimate of drug-likeness (QED) is 0.776. The van der Waals surface area contributed by atoms with E-state index in [9.17, 15) is 0 Å². The van der Waals surface area contributed by atoms with Crippen molar-refractivity contribution in [3.63, 3.8) is 0 Å². The summed E-state index contributed by atoms with van der Waals surface area (Å²) in [4.78, 5) is 4.21. The molecule has 0 aromatic carbocycles. The summed E-state index contributed by atoms with van der Waals surface area (Å²) in [5.41, 5.74) is 1.01. The number of nitrogens with zero attached hydrogens (tertiary/aromatic N) is 1. The highest BCUT2D eigenvalue weighted by Crippen LogP contribution is 2.11. The molecule has 3 nitrogen and oxygen atoms in total. The standard InChI is InChI=1S/C11H18N2O/c1-9(2)8-14-11-4-5-13-10(6-11)7-12-3/h4-6,9,12H,7-8H2,1-3H3. The van der Waals surface area contributed by atoms with Crippen molar-refractivity contribution in [1.82, 2.24) is 10.3 Å². The van der Waals surface area contributed by atoms with Crippen LogP contribution in [0.4, 0.5) is 0 Å². The minimum Gasteiger partial charge on any atom is -0.493 e. The van der Waals surface area contributed by atoms with Crippen molar-refractivity contribution in [1.29, 1.82) is 0 Å². The lowest BCUT2D eigenvalue weighted by Gasteiger charge is -2.09. The molecule has 0 bridgehead atoms. The Morgan fingerprint density at radius 1 is 1.50 bits per heavy atom. The van der Waals surface area contributed by atoms with Gasteiger partial charge in [-0.25, -0.2) is 0 Å². The predicted octanol–water partition coefficient (Wildman–Crippen LogP) is 1.84. The fraction of sp³-hybridized carbons (Fsp3) is 0.545. The van der Waals surface area contributed by atoms with Crippen LogP contribution in [0.25, 0.3) is 0 Å². The van der Waals surface area contributed by atoms with Crippen molar-refractivity contribution in [3.8, 4) is 5.75 Å². The summed E-state index contributed by atoms with van der Waals surface area (Å²) in [5.74, 6) is 1.45. The Balaban J connectivity index is 2.54. The SMILES string of the molecule is CNCc1cc(OCC(C)C)ccn1. The number of nitrogens with one attached hydrogen (secondary N) is 1. The van der Waals surface area contributed by atoms with E-state index in [1.807, 2.05) is 19.2 Å². The highest BCUT2D eigenvalue weighted by molar-refractivity contribution is 5.22. The fourth-order valence-electron chi connectivity index (χ4n) is 1.09. The van der Waals surface area contributed by atoms with Gasteiger partial charge in [0.25, 0.3) is 0 Å². The van der Waals surface area contributed by atoms with Crippen LogP contribution in [0.15, 0.2) is 18.3 Å². The minimum absolute atomic E-state index is 0.552. The van der Waals surface area contributed by atoms with Crippen LogP contribution in [0.3, 0.4) is 0 Å². The first kappa shape index (κ1) is 11.0. The van der Waals surface area contributed by atoms with Gasteiger partial charge in [0, 0.05) is 18.8 Å². The second-order valence-electron chi connectivity index (χ2n) is 3.72. The van der Waals surface area contributed by atoms with E-state index in [0.29, 0.717) is 5.92 Å². The maximum Gasteiger partial charge on any atom is 0.122 e. The summed E-state index contributed by atoms with van der Waals surface area (Å²) in [7, 11) is 1.91. The lowest BCUT2D eigenvalue weighted by atomic mass is 10.2. The molecule has 0 fully saturated rings. The number of pyridine rings is 1. The van der Waals surface area contributed by atoms with Gasteiger partial charge in [0.2, 0.25) is 0 Å². The van der Waals surface area contributed by atoms with E-state index in [1.165, 1.54) is 0 Å². The van der Waals surface area contributed by atoms with Crippen LogP contribution < -0.4 is 10.1 Å². The highest BCUT2D eigenvalue weighted by Gasteiger charge is 1.99. The Morgan fingerprint density at radius 3 is 2.93 bits per heavy atom. The topological polar surface area (TPSA) is 34.1 Å². The van der Waals surface area contributed by atoms with Crippen molar-refractivity contribution in [3.05, 3.63) is 24.0 Å². The van der Waals surface area contributed by atoms with Gasteiger partial charge in [-0.1, -0.05) is 13.8 Å². The van der Waals surface area contributed by atoms with Crippen LogP contribution >= 0.6 is 0 Å². The van der Waals surface area contributed by atoms with Crippen LogP contribution in [0.5, 0.6) is 5.75 Å². The maximum absolute atomic E-state index is 5.59. The van der Waals surface area contributed by atoms with Gasteiger partial charge in [0.05, 0.1) is 12.3 Å². The molecule has 0 aliphatic carbocycles. The molecule has 0 saturated heterocycles. The molecule has 1 heterocycles. The molecule has 14 heavy (non-hydrogen) atoms. The molecule has 0 aliphatic heterocycles. The molecule has 1 N–H and O–H groups in total. The number of ether oxygens (including phenoxy) is 1. The third-order valence-corrected chi connectivity index (χ3v) is 1.73. The summed E-state index contributed by atoms with van der Waals surface area (Å²) in [6.07, 6.45) is 1.78. The zero-order valence-electron chi connectivity index (χ0n) is 9.08. The molecule has 0 aliphatic rings. The molecule has 3 heteroatoms. The molecule has 0 spiro atoms. The number of aromatic nitrogens is 1. The Kier molecular flexibility index (Phi) is 4.40. The third kappa shape index (κ3) is 3.75. The van der Waals surface area contributed by atoms with Crippen LogP contribution in [0, 0.1) is 5.92 Å². The van der Waals surface area contributed by atoms with Crippen molar-refractivity contribution in [2.24, 2.45) is 5.92 Å². The van der Waals surface area contributed by atoms with Gasteiger partial charge in [-0.05, 0) is 19.0 Å². The zero-order valence-corrected chi connectivity index (χ0v) is 9.08. The molecule has 1 rings (SSSR count). The van der Waals surface area contributed by atoms with E-state index in [4.69, 9.17) is 4.74 Å². The monoisotopic (exact) mass is 194 g/mol. The highest BCUT2D eigenvalue weighted by atomic mass is 16.5. The molecule has 0 amide bonds. The Morgan fingerprint density at radius 2 is 2.29 bits per heavy atom. The van der Waals surface area contributed by atoms with Crippen LogP contribution in [-0.4, -0.2) is 18.6 Å². The minimum atomic E-state index is 0.552. The Labute approximate surface area is 85.5 Å². The molecular formula is C11H18N2O. The van der Waals surface area contributed by atoms with E-state index >= 15 is 0 Å². The van der Waals surface area contributed by atoms with Crippen molar-refractivity contribution in [2.45, 2.75) is 20.4 Å². The lowest BCUT2D eigenvalue weighted by molar-refractivity contribution is 0.270. The van der Waals surface area contributed by atoms with Gasteiger partial charge >= 0.3 is 0 Å². The summed E-state index contributed by atoms with van der Waals surface area (Å²) in [6, 6.07) is 3.86. The van der Waals surface area contributed by atoms with Crippen LogP contribution in [0.1, 0.15) is 19.5 Å². The Bertz CT molecular complexity index is 274. The van der Waals surface area contributed by atoms with Gasteiger partial charge in [-0.3, -0.25) is 4.98 Å². The number of hydrogen-bond acceptors (Lipinski definition) is 3. The van der Waals surface area contributed by atoms with Gasteiger partial charge in [-0.2, -0.15) is 0 Å². The van der Waals surface area contributed by atoms with Crippen molar-refractivity contribution >= 4 is 0 Å². The average Bonchev–Trinajstić information content (AvgIpc) is 2.16. The maximum atomic E-state index is 5.59. The van der Waals surface area contributed by atoms with Crippen molar-refractivity contribution < 1.29 is 4.74 Å². The summed E-state index contributed by atoms with van der Waals surface area (Å²) in [5, 5.41) is 3.06. The summed E-state index contributed by atoms with van der Waals surface area (Å²) >= 11 is 0. The normalized spacial score (nSPS) is 10.6. The largest absolute Gasteiger partial charge is 0.493 e. The summed E-state index contributed by atoms with van der Waals surface area (Å²) in [6.45, 7) is 5.80. The van der Waals surface area contributed by atoms with Gasteiger partial charge in [-0.15, -0.1) is 0 Å². The molecule has 0 atom stereocenters. The average molecular weight is 194 g/mol. The number of hydrogen-bond donors (Lipinski definition) is 1. The van der Waals surface area contributed by atoms with Gasteiger partial charge in [0.15, 0.2) is 0 Å². The van der Waals surface area contributed by atoms with E-state index in [-0.39, 0.29) is 0 Å². The smallest absolute Gasteiger partial charge is 0.122 e. The van der Waals surface area contributed by atoms with Gasteiger partial charge < -0.3 is 10.1 Å². The van der Waals surface area contributed by atoms with Crippen LogP contribution in [-0.2, 0) is 6.54 Å². The zero-order chi connectivity index (χ0) is 10.4. The predicted molar refractivity (Wildman–Crippen MR) is 57.3 cm³/mol.